The highest BCUT2D eigenvalue weighted by Gasteiger charge is 2.21. The number of esters is 1. The molecule has 8 heteroatoms. The standard InChI is InChI=1S/C17H14ClN3O4/c1-10(24-17(22)13-4-3-9-19-14(13)18)15-20-21-16(25-15)11-5-7-12(23-2)8-6-11/h3-10H,1-2H3/t10-/m1/s1. The summed E-state index contributed by atoms with van der Waals surface area (Å²) in [6, 6.07) is 10.3. The van der Waals surface area contributed by atoms with Gasteiger partial charge in [-0.2, -0.15) is 0 Å². The first-order valence-electron chi connectivity index (χ1n) is 7.38. The Bertz CT molecular complexity index is 880. The fourth-order valence-corrected chi connectivity index (χ4v) is 2.26. The summed E-state index contributed by atoms with van der Waals surface area (Å²) >= 11 is 5.88. The predicted molar refractivity (Wildman–Crippen MR) is 89.4 cm³/mol. The first-order valence-corrected chi connectivity index (χ1v) is 7.75. The van der Waals surface area contributed by atoms with Crippen LogP contribution in [0.15, 0.2) is 47.0 Å². The van der Waals surface area contributed by atoms with Crippen LogP contribution in [0.2, 0.25) is 5.15 Å². The lowest BCUT2D eigenvalue weighted by atomic mass is 10.2. The maximum atomic E-state index is 12.1. The van der Waals surface area contributed by atoms with E-state index in [4.69, 9.17) is 25.5 Å². The summed E-state index contributed by atoms with van der Waals surface area (Å²) in [6.07, 6.45) is 0.755. The number of aromatic nitrogens is 3. The van der Waals surface area contributed by atoms with Crippen LogP contribution in [0.3, 0.4) is 0 Å². The van der Waals surface area contributed by atoms with Crippen molar-refractivity contribution >= 4 is 17.6 Å². The van der Waals surface area contributed by atoms with E-state index in [0.29, 0.717) is 5.89 Å². The Hall–Kier alpha value is -2.93. The zero-order chi connectivity index (χ0) is 17.8. The zero-order valence-electron chi connectivity index (χ0n) is 13.5. The Balaban J connectivity index is 1.73. The van der Waals surface area contributed by atoms with Crippen molar-refractivity contribution in [2.45, 2.75) is 13.0 Å². The van der Waals surface area contributed by atoms with E-state index in [-0.39, 0.29) is 16.6 Å². The molecule has 0 radical (unpaired) electrons. The van der Waals surface area contributed by atoms with E-state index in [2.05, 4.69) is 15.2 Å². The number of methoxy groups -OCH3 is 1. The van der Waals surface area contributed by atoms with E-state index in [1.54, 1.807) is 44.4 Å². The molecule has 3 aromatic rings. The van der Waals surface area contributed by atoms with Gasteiger partial charge in [0.15, 0.2) is 6.10 Å². The van der Waals surface area contributed by atoms with Crippen LogP contribution in [-0.4, -0.2) is 28.3 Å². The molecule has 0 unspecified atom stereocenters. The summed E-state index contributed by atoms with van der Waals surface area (Å²) in [6.45, 7) is 1.63. The fraction of sp³-hybridized carbons (Fsp3) is 0.176. The maximum Gasteiger partial charge on any atom is 0.342 e. The van der Waals surface area contributed by atoms with Crippen molar-refractivity contribution in [2.75, 3.05) is 7.11 Å². The van der Waals surface area contributed by atoms with Crippen LogP contribution < -0.4 is 4.74 Å². The molecule has 128 valence electrons. The molecule has 0 aliphatic carbocycles. The average molecular weight is 360 g/mol. The van der Waals surface area contributed by atoms with Crippen LogP contribution in [0.4, 0.5) is 0 Å². The van der Waals surface area contributed by atoms with Gasteiger partial charge in [-0.25, -0.2) is 9.78 Å². The van der Waals surface area contributed by atoms with E-state index >= 15 is 0 Å². The summed E-state index contributed by atoms with van der Waals surface area (Å²) in [5.41, 5.74) is 0.902. The molecule has 0 saturated carbocycles. The molecule has 7 nitrogen and oxygen atoms in total. The molecule has 0 fully saturated rings. The molecule has 1 aromatic carbocycles. The molecular formula is C17H14ClN3O4. The largest absolute Gasteiger partial charge is 0.497 e. The lowest BCUT2D eigenvalue weighted by molar-refractivity contribution is 0.0279. The minimum atomic E-state index is -0.733. The molecule has 3 rings (SSSR count). The molecule has 0 saturated heterocycles. The second-order valence-electron chi connectivity index (χ2n) is 5.06. The molecular weight excluding hydrogens is 346 g/mol. The molecule has 0 bridgehead atoms. The van der Waals surface area contributed by atoms with Crippen molar-refractivity contribution in [3.8, 4) is 17.2 Å². The minimum Gasteiger partial charge on any atom is -0.497 e. The smallest absolute Gasteiger partial charge is 0.342 e. The van der Waals surface area contributed by atoms with Crippen LogP contribution >= 0.6 is 11.6 Å². The maximum absolute atomic E-state index is 12.1. The number of rotatable bonds is 5. The highest BCUT2D eigenvalue weighted by molar-refractivity contribution is 6.32. The third-order valence-electron chi connectivity index (χ3n) is 3.39. The Morgan fingerprint density at radius 2 is 1.96 bits per heavy atom. The first-order chi connectivity index (χ1) is 12.1. The number of hydrogen-bond donors (Lipinski definition) is 0. The zero-order valence-corrected chi connectivity index (χ0v) is 14.2. The van der Waals surface area contributed by atoms with Gasteiger partial charge in [-0.05, 0) is 43.3 Å². The highest BCUT2D eigenvalue weighted by Crippen LogP contribution is 2.25. The van der Waals surface area contributed by atoms with Gasteiger partial charge in [0.1, 0.15) is 10.9 Å². The van der Waals surface area contributed by atoms with E-state index < -0.39 is 12.1 Å². The van der Waals surface area contributed by atoms with E-state index in [9.17, 15) is 4.79 Å². The molecule has 2 aromatic heterocycles. The van der Waals surface area contributed by atoms with Crippen molar-refractivity contribution in [2.24, 2.45) is 0 Å². The number of hydrogen-bond acceptors (Lipinski definition) is 7. The van der Waals surface area contributed by atoms with Gasteiger partial charge in [0.25, 0.3) is 5.89 Å². The van der Waals surface area contributed by atoms with Crippen molar-refractivity contribution in [3.05, 3.63) is 59.2 Å². The Kier molecular flexibility index (Phi) is 4.95. The summed E-state index contributed by atoms with van der Waals surface area (Å²) < 4.78 is 16.0. The number of pyridine rings is 1. The lowest BCUT2D eigenvalue weighted by Crippen LogP contribution is -2.10. The van der Waals surface area contributed by atoms with E-state index in [1.807, 2.05) is 0 Å². The first kappa shape index (κ1) is 16.9. The fourth-order valence-electron chi connectivity index (χ4n) is 2.06. The predicted octanol–water partition coefficient (Wildman–Crippen LogP) is 3.71. The molecule has 0 N–H and O–H groups in total. The number of ether oxygens (including phenoxy) is 2. The van der Waals surface area contributed by atoms with Crippen molar-refractivity contribution in [1.29, 1.82) is 0 Å². The van der Waals surface area contributed by atoms with Gasteiger partial charge < -0.3 is 13.9 Å². The van der Waals surface area contributed by atoms with Crippen LogP contribution in [-0.2, 0) is 4.74 Å². The molecule has 25 heavy (non-hydrogen) atoms. The topological polar surface area (TPSA) is 87.3 Å². The molecule has 0 aliphatic heterocycles. The van der Waals surface area contributed by atoms with Crippen molar-refractivity contribution in [1.82, 2.24) is 15.2 Å². The second-order valence-corrected chi connectivity index (χ2v) is 5.42. The van der Waals surface area contributed by atoms with Gasteiger partial charge >= 0.3 is 5.97 Å². The number of nitrogens with zero attached hydrogens (tertiary/aromatic N) is 3. The number of benzene rings is 1. The van der Waals surface area contributed by atoms with Gasteiger partial charge in [0, 0.05) is 11.8 Å². The quantitative estimate of drug-likeness (QED) is 0.506. The Morgan fingerprint density at radius 3 is 2.64 bits per heavy atom. The minimum absolute atomic E-state index is 0.0733. The van der Waals surface area contributed by atoms with Gasteiger partial charge in [0.05, 0.1) is 12.7 Å². The summed E-state index contributed by atoms with van der Waals surface area (Å²) in [5.74, 6) is 0.605. The molecule has 0 spiro atoms. The summed E-state index contributed by atoms with van der Waals surface area (Å²) in [4.78, 5) is 16.0. The number of carbonyl (C=O) groups is 1. The van der Waals surface area contributed by atoms with Crippen molar-refractivity contribution < 1.29 is 18.7 Å². The van der Waals surface area contributed by atoms with Crippen LogP contribution in [0.1, 0.15) is 29.3 Å². The SMILES string of the molecule is COc1ccc(-c2nnc([C@@H](C)OC(=O)c3cccnc3Cl)o2)cc1. The molecule has 0 aliphatic rings. The Labute approximate surface area is 148 Å². The van der Waals surface area contributed by atoms with Crippen LogP contribution in [0, 0.1) is 0 Å². The average Bonchev–Trinajstić information content (AvgIpc) is 3.12. The molecule has 1 atom stereocenters. The van der Waals surface area contributed by atoms with Gasteiger partial charge in [-0.3, -0.25) is 0 Å². The Morgan fingerprint density at radius 1 is 1.20 bits per heavy atom. The summed E-state index contributed by atoms with van der Waals surface area (Å²) in [7, 11) is 1.59. The monoisotopic (exact) mass is 359 g/mol. The van der Waals surface area contributed by atoms with Gasteiger partial charge in [-0.1, -0.05) is 11.6 Å². The van der Waals surface area contributed by atoms with Crippen LogP contribution in [0.25, 0.3) is 11.5 Å². The summed E-state index contributed by atoms with van der Waals surface area (Å²) in [5, 5.41) is 7.98. The highest BCUT2D eigenvalue weighted by atomic mass is 35.5. The van der Waals surface area contributed by atoms with Crippen LogP contribution in [0.5, 0.6) is 5.75 Å². The van der Waals surface area contributed by atoms with E-state index in [1.165, 1.54) is 12.3 Å². The lowest BCUT2D eigenvalue weighted by Gasteiger charge is -2.09. The van der Waals surface area contributed by atoms with Crippen molar-refractivity contribution in [3.63, 3.8) is 0 Å². The van der Waals surface area contributed by atoms with Gasteiger partial charge in [-0.15, -0.1) is 10.2 Å². The van der Waals surface area contributed by atoms with E-state index in [0.717, 1.165) is 11.3 Å². The van der Waals surface area contributed by atoms with Gasteiger partial charge in [0.2, 0.25) is 5.89 Å². The number of halogens is 1. The third-order valence-corrected chi connectivity index (χ3v) is 3.69. The third kappa shape index (κ3) is 3.77. The molecule has 0 amide bonds. The second kappa shape index (κ2) is 7.31. The normalized spacial score (nSPS) is 11.8. The number of carbonyl (C=O) groups excluding carboxylic acids is 1. The molecule has 2 heterocycles.